The molecule has 0 radical (unpaired) electrons. The highest BCUT2D eigenvalue weighted by molar-refractivity contribution is 5.98. The average Bonchev–Trinajstić information content (AvgIpc) is 3.17. The summed E-state index contributed by atoms with van der Waals surface area (Å²) in [6.07, 6.45) is -1.76. The molecule has 162 valence electrons. The Hall–Kier alpha value is -3.47. The summed E-state index contributed by atoms with van der Waals surface area (Å²) in [5.74, 6) is 0.135. The maximum atomic E-state index is 12.8. The molecule has 31 heavy (non-hydrogen) atoms. The number of likely N-dealkylation sites (tertiary alicyclic amines) is 1. The van der Waals surface area contributed by atoms with Gasteiger partial charge in [0.2, 0.25) is 0 Å². The van der Waals surface area contributed by atoms with Crippen molar-refractivity contribution >= 4 is 22.8 Å². The number of nitrogens with zero attached hydrogens (tertiary/aromatic N) is 4. The Kier molecular flexibility index (Phi) is 5.36. The second-order valence-electron chi connectivity index (χ2n) is 7.23. The molecule has 3 aromatic heterocycles. The van der Waals surface area contributed by atoms with Crippen LogP contribution < -0.4 is 5.32 Å². The van der Waals surface area contributed by atoms with Gasteiger partial charge in [0.25, 0.3) is 0 Å². The number of aromatic nitrogens is 3. The predicted octanol–water partition coefficient (Wildman–Crippen LogP) is 3.09. The van der Waals surface area contributed by atoms with Crippen molar-refractivity contribution in [2.75, 3.05) is 25.0 Å². The standard InChI is InChI=1S/C20H18F3N5O3/c21-20(22,23)12-3-4-15(25-6-12)14-7-26-18(13-2-1-5-24-17(13)14)27-16-9-28(19(30)31)8-11(16)10-29/h1-7,11,16,29H,8-10H2,(H,26,27)(H,30,31)/t11-,16+/m0/s1. The number of carbonyl (C=O) groups is 1. The lowest BCUT2D eigenvalue weighted by molar-refractivity contribution is -0.137. The Bertz CT molecular complexity index is 1110. The SMILES string of the molecule is O=C(O)N1C[C@@H](CO)[C@H](Nc2ncc(-c3ccc(C(F)(F)F)cn3)c3ncccc23)C1. The van der Waals surface area contributed by atoms with Crippen molar-refractivity contribution in [2.45, 2.75) is 12.2 Å². The molecular weight excluding hydrogens is 415 g/mol. The van der Waals surface area contributed by atoms with Crippen molar-refractivity contribution in [1.29, 1.82) is 0 Å². The predicted molar refractivity (Wildman–Crippen MR) is 105 cm³/mol. The van der Waals surface area contributed by atoms with Crippen LogP contribution in [0, 0.1) is 5.92 Å². The number of aliphatic hydroxyl groups is 1. The summed E-state index contributed by atoms with van der Waals surface area (Å²) >= 11 is 0. The zero-order valence-electron chi connectivity index (χ0n) is 16.0. The zero-order chi connectivity index (χ0) is 22.2. The van der Waals surface area contributed by atoms with Crippen LogP contribution in [0.5, 0.6) is 0 Å². The van der Waals surface area contributed by atoms with Crippen molar-refractivity contribution in [1.82, 2.24) is 19.9 Å². The van der Waals surface area contributed by atoms with E-state index in [2.05, 4.69) is 20.3 Å². The van der Waals surface area contributed by atoms with Crippen molar-refractivity contribution in [3.63, 3.8) is 0 Å². The fourth-order valence-corrected chi connectivity index (χ4v) is 3.65. The quantitative estimate of drug-likeness (QED) is 0.580. The largest absolute Gasteiger partial charge is 0.465 e. The first-order valence-electron chi connectivity index (χ1n) is 9.40. The van der Waals surface area contributed by atoms with Crippen molar-refractivity contribution in [3.8, 4) is 11.3 Å². The van der Waals surface area contributed by atoms with E-state index in [-0.39, 0.29) is 31.7 Å². The molecule has 0 unspecified atom stereocenters. The van der Waals surface area contributed by atoms with Crippen LogP contribution in [0.4, 0.5) is 23.8 Å². The smallest absolute Gasteiger partial charge is 0.417 e. The van der Waals surface area contributed by atoms with Gasteiger partial charge in [-0.1, -0.05) is 0 Å². The van der Waals surface area contributed by atoms with Gasteiger partial charge in [-0.05, 0) is 24.3 Å². The summed E-state index contributed by atoms with van der Waals surface area (Å²) in [7, 11) is 0. The number of hydrogen-bond acceptors (Lipinski definition) is 6. The van der Waals surface area contributed by atoms with Crippen LogP contribution in [-0.2, 0) is 6.18 Å². The summed E-state index contributed by atoms with van der Waals surface area (Å²) in [6, 6.07) is 5.31. The molecule has 8 nitrogen and oxygen atoms in total. The van der Waals surface area contributed by atoms with E-state index in [0.29, 0.717) is 28.0 Å². The number of halogens is 3. The Balaban J connectivity index is 1.68. The molecule has 11 heteroatoms. The van der Waals surface area contributed by atoms with Gasteiger partial charge < -0.3 is 20.4 Å². The second-order valence-corrected chi connectivity index (χ2v) is 7.23. The first-order chi connectivity index (χ1) is 14.8. The highest BCUT2D eigenvalue weighted by Crippen LogP contribution is 2.33. The molecule has 0 aliphatic carbocycles. The van der Waals surface area contributed by atoms with Gasteiger partial charge in [-0.2, -0.15) is 13.2 Å². The Morgan fingerprint density at radius 2 is 1.97 bits per heavy atom. The van der Waals surface area contributed by atoms with Crippen LogP contribution in [0.1, 0.15) is 5.56 Å². The maximum absolute atomic E-state index is 12.8. The minimum atomic E-state index is -4.48. The van der Waals surface area contributed by atoms with E-state index in [4.69, 9.17) is 0 Å². The lowest BCUT2D eigenvalue weighted by Crippen LogP contribution is -2.32. The highest BCUT2D eigenvalue weighted by atomic mass is 19.4. The molecule has 4 heterocycles. The number of alkyl halides is 3. The van der Waals surface area contributed by atoms with Gasteiger partial charge in [-0.3, -0.25) is 9.97 Å². The third-order valence-electron chi connectivity index (χ3n) is 5.28. The van der Waals surface area contributed by atoms with Crippen molar-refractivity contribution < 1.29 is 28.2 Å². The number of pyridine rings is 3. The van der Waals surface area contributed by atoms with Crippen LogP contribution in [-0.4, -0.2) is 61.9 Å². The van der Waals surface area contributed by atoms with Gasteiger partial charge in [-0.15, -0.1) is 0 Å². The number of nitrogens with one attached hydrogen (secondary N) is 1. The van der Waals surface area contributed by atoms with Crippen LogP contribution in [0.3, 0.4) is 0 Å². The molecule has 1 fully saturated rings. The maximum Gasteiger partial charge on any atom is 0.417 e. The summed E-state index contributed by atoms with van der Waals surface area (Å²) in [6.45, 7) is 0.199. The minimum Gasteiger partial charge on any atom is -0.465 e. The van der Waals surface area contributed by atoms with E-state index in [9.17, 15) is 28.2 Å². The molecule has 0 bridgehead atoms. The van der Waals surface area contributed by atoms with Crippen molar-refractivity contribution in [3.05, 3.63) is 48.4 Å². The zero-order valence-corrected chi connectivity index (χ0v) is 16.0. The number of hydrogen-bond donors (Lipinski definition) is 3. The fraction of sp³-hybridized carbons (Fsp3) is 0.300. The number of aliphatic hydroxyl groups excluding tert-OH is 1. The molecule has 0 aromatic carbocycles. The van der Waals surface area contributed by atoms with E-state index in [0.717, 1.165) is 12.3 Å². The van der Waals surface area contributed by atoms with Gasteiger partial charge in [0.1, 0.15) is 5.82 Å². The van der Waals surface area contributed by atoms with Gasteiger partial charge in [0.05, 0.1) is 22.8 Å². The lowest BCUT2D eigenvalue weighted by atomic mass is 10.0. The molecule has 3 N–H and O–H groups in total. The van der Waals surface area contributed by atoms with Gasteiger partial charge in [-0.25, -0.2) is 9.78 Å². The van der Waals surface area contributed by atoms with Crippen LogP contribution in [0.15, 0.2) is 42.9 Å². The highest BCUT2D eigenvalue weighted by Gasteiger charge is 2.35. The summed E-state index contributed by atoms with van der Waals surface area (Å²) in [4.78, 5) is 25.2. The number of carboxylic acid groups (broad SMARTS) is 1. The van der Waals surface area contributed by atoms with E-state index in [1.165, 1.54) is 17.2 Å². The molecular formula is C20H18F3N5O3. The minimum absolute atomic E-state index is 0.187. The fourth-order valence-electron chi connectivity index (χ4n) is 3.65. The summed E-state index contributed by atoms with van der Waals surface area (Å²) in [5, 5.41) is 22.6. The third kappa shape index (κ3) is 4.08. The normalized spacial score (nSPS) is 19.0. The molecule has 1 saturated heterocycles. The molecule has 1 amide bonds. The molecule has 0 saturated carbocycles. The van der Waals surface area contributed by atoms with Crippen LogP contribution in [0.25, 0.3) is 22.2 Å². The number of rotatable bonds is 4. The number of fused-ring (bicyclic) bond motifs is 1. The Morgan fingerprint density at radius 1 is 1.16 bits per heavy atom. The Labute approximate surface area is 174 Å². The van der Waals surface area contributed by atoms with Crippen LogP contribution in [0.2, 0.25) is 0 Å². The average molecular weight is 433 g/mol. The topological polar surface area (TPSA) is 111 Å². The summed E-state index contributed by atoms with van der Waals surface area (Å²) < 4.78 is 38.5. The van der Waals surface area contributed by atoms with E-state index >= 15 is 0 Å². The Morgan fingerprint density at radius 3 is 2.61 bits per heavy atom. The first-order valence-corrected chi connectivity index (χ1v) is 9.40. The molecule has 2 atom stereocenters. The van der Waals surface area contributed by atoms with Gasteiger partial charge in [0.15, 0.2) is 0 Å². The van der Waals surface area contributed by atoms with E-state index in [1.54, 1.807) is 18.3 Å². The lowest BCUT2D eigenvalue weighted by Gasteiger charge is -2.20. The number of amides is 1. The summed E-state index contributed by atoms with van der Waals surface area (Å²) in [5.41, 5.74) is 0.397. The van der Waals surface area contributed by atoms with E-state index < -0.39 is 17.8 Å². The van der Waals surface area contributed by atoms with Gasteiger partial charge >= 0.3 is 12.3 Å². The van der Waals surface area contributed by atoms with Crippen LogP contribution >= 0.6 is 0 Å². The van der Waals surface area contributed by atoms with E-state index in [1.807, 2.05) is 0 Å². The molecule has 0 spiro atoms. The van der Waals surface area contributed by atoms with Gasteiger partial charge in [0, 0.05) is 55.2 Å². The molecule has 3 aromatic rings. The monoisotopic (exact) mass is 433 g/mol. The number of anilines is 1. The third-order valence-corrected chi connectivity index (χ3v) is 5.28. The first kappa shape index (κ1) is 20.8. The second kappa shape index (κ2) is 7.99. The molecule has 1 aliphatic rings. The molecule has 1 aliphatic heterocycles. The van der Waals surface area contributed by atoms with Crippen molar-refractivity contribution in [2.24, 2.45) is 5.92 Å². The molecule has 4 rings (SSSR count).